The number of aromatic nitrogens is 2. The van der Waals surface area contributed by atoms with E-state index in [1.807, 2.05) is 34.8 Å². The van der Waals surface area contributed by atoms with Crippen LogP contribution in [-0.4, -0.2) is 40.2 Å². The highest BCUT2D eigenvalue weighted by Crippen LogP contribution is 2.26. The van der Waals surface area contributed by atoms with Crippen LogP contribution in [0.5, 0.6) is 0 Å². The van der Waals surface area contributed by atoms with Gasteiger partial charge < -0.3 is 10.2 Å². The van der Waals surface area contributed by atoms with E-state index in [2.05, 4.69) is 17.3 Å². The minimum absolute atomic E-state index is 0.248. The van der Waals surface area contributed by atoms with Crippen LogP contribution in [0.4, 0.5) is 0 Å². The third kappa shape index (κ3) is 3.73. The first-order valence-electron chi connectivity index (χ1n) is 8.65. The Bertz CT molecular complexity index is 727. The smallest absolute Gasteiger partial charge is 0.223 e. The molecular formula is C18H25ClN4O. The molecule has 1 N–H and O–H groups in total. The van der Waals surface area contributed by atoms with Crippen molar-refractivity contribution in [1.29, 1.82) is 0 Å². The summed E-state index contributed by atoms with van der Waals surface area (Å²) in [5.74, 6) is 0.871. The predicted molar refractivity (Wildman–Crippen MR) is 97.0 cm³/mol. The lowest BCUT2D eigenvalue weighted by molar-refractivity contribution is -0.132. The summed E-state index contributed by atoms with van der Waals surface area (Å²) in [4.78, 5) is 14.3. The van der Waals surface area contributed by atoms with Crippen molar-refractivity contribution in [3.05, 3.63) is 28.9 Å². The summed E-state index contributed by atoms with van der Waals surface area (Å²) >= 11 is 6.31. The number of fused-ring (bicyclic) bond motifs is 1. The average Bonchev–Trinajstić information content (AvgIpc) is 2.89. The lowest BCUT2D eigenvalue weighted by Crippen LogP contribution is -2.40. The van der Waals surface area contributed by atoms with Gasteiger partial charge in [-0.3, -0.25) is 9.48 Å². The van der Waals surface area contributed by atoms with Gasteiger partial charge in [-0.15, -0.1) is 0 Å². The molecule has 3 rings (SSSR count). The summed E-state index contributed by atoms with van der Waals surface area (Å²) < 4.78 is 1.85. The Kier molecular flexibility index (Phi) is 5.41. The molecule has 0 saturated carbocycles. The number of hydrogen-bond donors (Lipinski definition) is 1. The Labute approximate surface area is 148 Å². The third-order valence-corrected chi connectivity index (χ3v) is 5.03. The van der Waals surface area contributed by atoms with Gasteiger partial charge in [0.1, 0.15) is 0 Å². The molecule has 1 aliphatic heterocycles. The summed E-state index contributed by atoms with van der Waals surface area (Å²) in [5.41, 5.74) is 1.95. The van der Waals surface area contributed by atoms with Crippen LogP contribution in [-0.2, 0) is 18.4 Å². The van der Waals surface area contributed by atoms with Gasteiger partial charge in [0.05, 0.1) is 16.2 Å². The number of hydrogen-bond acceptors (Lipinski definition) is 3. The zero-order chi connectivity index (χ0) is 17.1. The standard InChI is InChI=1S/C18H25ClN4O/c1-13-5-4-10-23(12-13)17(24)8-9-20-11-15-18-14(19)6-3-7-16(18)22(2)21-15/h3,6-7,13,20H,4-5,8-12H2,1-2H3. The van der Waals surface area contributed by atoms with Gasteiger partial charge >= 0.3 is 0 Å². The number of carbonyl (C=O) groups is 1. The molecule has 0 spiro atoms. The lowest BCUT2D eigenvalue weighted by Gasteiger charge is -2.31. The second-order valence-corrected chi connectivity index (χ2v) is 7.13. The highest BCUT2D eigenvalue weighted by Gasteiger charge is 2.20. The molecule has 24 heavy (non-hydrogen) atoms. The molecule has 0 aliphatic carbocycles. The Morgan fingerprint density at radius 3 is 3.08 bits per heavy atom. The monoisotopic (exact) mass is 348 g/mol. The van der Waals surface area contributed by atoms with E-state index >= 15 is 0 Å². The normalized spacial score (nSPS) is 18.3. The lowest BCUT2D eigenvalue weighted by atomic mass is 10.00. The van der Waals surface area contributed by atoms with Crippen LogP contribution < -0.4 is 5.32 Å². The van der Waals surface area contributed by atoms with Gasteiger partial charge in [0.15, 0.2) is 0 Å². The number of halogens is 1. The SMILES string of the molecule is CC1CCCN(C(=O)CCNCc2nn(C)c3cccc(Cl)c23)C1. The van der Waals surface area contributed by atoms with Crippen LogP contribution in [0.2, 0.25) is 5.02 Å². The van der Waals surface area contributed by atoms with E-state index in [9.17, 15) is 4.79 Å². The second kappa shape index (κ2) is 7.53. The third-order valence-electron chi connectivity index (χ3n) is 4.72. The summed E-state index contributed by atoms with van der Waals surface area (Å²) in [6.07, 6.45) is 2.89. The van der Waals surface area contributed by atoms with Gasteiger partial charge in [0.2, 0.25) is 5.91 Å². The molecule has 1 unspecified atom stereocenters. The van der Waals surface area contributed by atoms with Crippen molar-refractivity contribution in [2.75, 3.05) is 19.6 Å². The van der Waals surface area contributed by atoms with Crippen LogP contribution in [0.25, 0.3) is 10.9 Å². The Hall–Kier alpha value is -1.59. The summed E-state index contributed by atoms with van der Waals surface area (Å²) in [7, 11) is 1.92. The number of rotatable bonds is 5. The number of benzene rings is 1. The van der Waals surface area contributed by atoms with Gasteiger partial charge in [-0.05, 0) is 30.9 Å². The fourth-order valence-electron chi connectivity index (χ4n) is 3.45. The number of carbonyl (C=O) groups excluding carboxylic acids is 1. The first-order chi connectivity index (χ1) is 11.6. The van der Waals surface area contributed by atoms with Crippen molar-refractivity contribution in [1.82, 2.24) is 20.0 Å². The van der Waals surface area contributed by atoms with Gasteiger partial charge in [-0.2, -0.15) is 5.10 Å². The van der Waals surface area contributed by atoms with Crippen molar-refractivity contribution >= 4 is 28.4 Å². The van der Waals surface area contributed by atoms with E-state index in [4.69, 9.17) is 11.6 Å². The Morgan fingerprint density at radius 2 is 2.29 bits per heavy atom. The molecule has 1 aromatic carbocycles. The number of nitrogens with one attached hydrogen (secondary N) is 1. The molecule has 1 amide bonds. The van der Waals surface area contributed by atoms with Crippen LogP contribution in [0, 0.1) is 5.92 Å². The first-order valence-corrected chi connectivity index (χ1v) is 9.02. The maximum Gasteiger partial charge on any atom is 0.223 e. The minimum Gasteiger partial charge on any atom is -0.342 e. The number of piperidine rings is 1. The van der Waals surface area contributed by atoms with Crippen molar-refractivity contribution in [3.63, 3.8) is 0 Å². The number of aryl methyl sites for hydroxylation is 1. The second-order valence-electron chi connectivity index (χ2n) is 6.72. The maximum absolute atomic E-state index is 12.3. The number of nitrogens with zero attached hydrogens (tertiary/aromatic N) is 3. The first kappa shape index (κ1) is 17.2. The molecule has 0 radical (unpaired) electrons. The van der Waals surface area contributed by atoms with Gasteiger partial charge in [0, 0.05) is 45.0 Å². The van der Waals surface area contributed by atoms with Crippen LogP contribution in [0.1, 0.15) is 31.9 Å². The van der Waals surface area contributed by atoms with Crippen molar-refractivity contribution in [2.45, 2.75) is 32.7 Å². The summed E-state index contributed by atoms with van der Waals surface area (Å²) in [6, 6.07) is 5.83. The molecule has 1 aliphatic rings. The highest BCUT2D eigenvalue weighted by molar-refractivity contribution is 6.35. The van der Waals surface area contributed by atoms with E-state index in [1.165, 1.54) is 6.42 Å². The minimum atomic E-state index is 0.248. The quantitative estimate of drug-likeness (QED) is 0.845. The topological polar surface area (TPSA) is 50.2 Å². The maximum atomic E-state index is 12.3. The average molecular weight is 349 g/mol. The van der Waals surface area contributed by atoms with Crippen molar-refractivity contribution in [2.24, 2.45) is 13.0 Å². The summed E-state index contributed by atoms with van der Waals surface area (Å²) in [6.45, 7) is 5.30. The van der Waals surface area contributed by atoms with Crippen LogP contribution in [0.3, 0.4) is 0 Å². The van der Waals surface area contributed by atoms with E-state index in [0.717, 1.165) is 41.1 Å². The van der Waals surface area contributed by atoms with E-state index in [0.29, 0.717) is 25.4 Å². The molecule has 2 heterocycles. The number of likely N-dealkylation sites (tertiary alicyclic amines) is 1. The Balaban J connectivity index is 1.53. The van der Waals surface area contributed by atoms with Crippen LogP contribution in [0.15, 0.2) is 18.2 Å². The molecule has 5 nitrogen and oxygen atoms in total. The molecule has 0 bridgehead atoms. The largest absolute Gasteiger partial charge is 0.342 e. The van der Waals surface area contributed by atoms with Gasteiger partial charge in [0.25, 0.3) is 0 Å². The zero-order valence-electron chi connectivity index (χ0n) is 14.4. The van der Waals surface area contributed by atoms with E-state index < -0.39 is 0 Å². The zero-order valence-corrected chi connectivity index (χ0v) is 15.1. The van der Waals surface area contributed by atoms with Crippen LogP contribution >= 0.6 is 11.6 Å². The fraction of sp³-hybridized carbons (Fsp3) is 0.556. The molecule has 2 aromatic rings. The molecule has 1 aromatic heterocycles. The molecule has 6 heteroatoms. The Morgan fingerprint density at radius 1 is 1.46 bits per heavy atom. The molecule has 1 fully saturated rings. The van der Waals surface area contributed by atoms with Crippen molar-refractivity contribution < 1.29 is 4.79 Å². The molecule has 1 atom stereocenters. The van der Waals surface area contributed by atoms with Crippen molar-refractivity contribution in [3.8, 4) is 0 Å². The molecular weight excluding hydrogens is 324 g/mol. The number of amides is 1. The molecule has 130 valence electrons. The van der Waals surface area contributed by atoms with E-state index in [1.54, 1.807) is 0 Å². The summed E-state index contributed by atoms with van der Waals surface area (Å²) in [5, 5.41) is 9.58. The van der Waals surface area contributed by atoms with Gasteiger partial charge in [-0.1, -0.05) is 24.6 Å². The fourth-order valence-corrected chi connectivity index (χ4v) is 3.73. The van der Waals surface area contributed by atoms with Gasteiger partial charge in [-0.25, -0.2) is 0 Å². The molecule has 1 saturated heterocycles. The van der Waals surface area contributed by atoms with E-state index in [-0.39, 0.29) is 5.91 Å². The predicted octanol–water partition coefficient (Wildman–Crippen LogP) is 2.96. The highest BCUT2D eigenvalue weighted by atomic mass is 35.5.